The van der Waals surface area contributed by atoms with Crippen LogP contribution in [-0.4, -0.2) is 22.6 Å². The third-order valence-corrected chi connectivity index (χ3v) is 4.64. The van der Waals surface area contributed by atoms with Gasteiger partial charge in [0, 0.05) is 21.2 Å². The molecule has 0 aliphatic carbocycles. The smallest absolute Gasteiger partial charge is 0.257 e. The normalized spacial score (nSPS) is 10.3. The van der Waals surface area contributed by atoms with Crippen molar-refractivity contribution in [2.75, 3.05) is 11.1 Å². The van der Waals surface area contributed by atoms with Gasteiger partial charge < -0.3 is 5.73 Å². The number of carbonyl (C=O) groups is 2. The van der Waals surface area contributed by atoms with E-state index in [2.05, 4.69) is 26.2 Å². The molecule has 21 heavy (non-hydrogen) atoms. The van der Waals surface area contributed by atoms with Crippen LogP contribution in [0, 0.1) is 0 Å². The van der Waals surface area contributed by atoms with Gasteiger partial charge in [-0.15, -0.1) is 23.1 Å². The summed E-state index contributed by atoms with van der Waals surface area (Å²) in [5, 5.41) is 5.14. The first-order valence-corrected chi connectivity index (χ1v) is 8.74. The maximum atomic E-state index is 12.0. The van der Waals surface area contributed by atoms with Crippen LogP contribution in [0.25, 0.3) is 0 Å². The molecule has 0 saturated carbocycles. The molecule has 0 aliphatic rings. The highest BCUT2D eigenvalue weighted by molar-refractivity contribution is 9.10. The highest BCUT2D eigenvalue weighted by Gasteiger charge is 2.09. The lowest BCUT2D eigenvalue weighted by Gasteiger charge is -2.02. The first-order chi connectivity index (χ1) is 10.0. The number of rotatable bonds is 6. The zero-order chi connectivity index (χ0) is 15.2. The molecule has 2 rings (SSSR count). The predicted octanol–water partition coefficient (Wildman–Crippen LogP) is 2.88. The number of thiazole rings is 1. The van der Waals surface area contributed by atoms with Gasteiger partial charge in [0.1, 0.15) is 0 Å². The summed E-state index contributed by atoms with van der Waals surface area (Å²) in [5.41, 5.74) is 6.44. The van der Waals surface area contributed by atoms with Gasteiger partial charge in [0.25, 0.3) is 5.91 Å². The largest absolute Gasteiger partial charge is 0.369 e. The minimum absolute atomic E-state index is 0.206. The molecule has 2 aromatic rings. The van der Waals surface area contributed by atoms with Gasteiger partial charge in [-0.2, -0.15) is 0 Å². The molecule has 0 aliphatic heterocycles. The number of nitrogens with one attached hydrogen (secondary N) is 1. The first-order valence-electron chi connectivity index (χ1n) is 5.92. The van der Waals surface area contributed by atoms with E-state index in [0.29, 0.717) is 16.4 Å². The molecule has 8 heteroatoms. The minimum Gasteiger partial charge on any atom is -0.369 e. The number of amides is 2. The van der Waals surface area contributed by atoms with E-state index in [0.717, 1.165) is 10.2 Å². The maximum absolute atomic E-state index is 12.0. The number of primary amides is 1. The van der Waals surface area contributed by atoms with Crippen LogP contribution in [0.2, 0.25) is 0 Å². The number of hydrogen-bond donors (Lipinski definition) is 2. The average molecular weight is 386 g/mol. The first kappa shape index (κ1) is 16.0. The summed E-state index contributed by atoms with van der Waals surface area (Å²) in [6, 6.07) is 7.13. The number of hydrogen-bond acceptors (Lipinski definition) is 5. The molecule has 2 amide bonds. The van der Waals surface area contributed by atoms with Crippen molar-refractivity contribution in [1.82, 2.24) is 4.98 Å². The van der Waals surface area contributed by atoms with Gasteiger partial charge in [-0.3, -0.25) is 14.9 Å². The number of thioether (sulfide) groups is 1. The number of anilines is 1. The fourth-order valence-electron chi connectivity index (χ4n) is 1.49. The molecule has 1 heterocycles. The third kappa shape index (κ3) is 5.14. The van der Waals surface area contributed by atoms with Crippen molar-refractivity contribution >= 4 is 56.0 Å². The number of nitrogens with two attached hydrogens (primary N) is 1. The van der Waals surface area contributed by atoms with Crippen LogP contribution in [0.1, 0.15) is 16.1 Å². The van der Waals surface area contributed by atoms with Gasteiger partial charge in [0.2, 0.25) is 5.91 Å². The lowest BCUT2D eigenvalue weighted by atomic mass is 10.2. The van der Waals surface area contributed by atoms with E-state index in [9.17, 15) is 9.59 Å². The van der Waals surface area contributed by atoms with Gasteiger partial charge in [0.15, 0.2) is 5.13 Å². The van der Waals surface area contributed by atoms with Crippen molar-refractivity contribution in [2.45, 2.75) is 5.75 Å². The van der Waals surface area contributed by atoms with Crippen LogP contribution >= 0.6 is 39.0 Å². The fourth-order valence-corrected chi connectivity index (χ4v) is 3.36. The molecule has 0 atom stereocenters. The molecular weight excluding hydrogens is 374 g/mol. The second kappa shape index (κ2) is 7.58. The lowest BCUT2D eigenvalue weighted by molar-refractivity contribution is -0.115. The van der Waals surface area contributed by atoms with Crippen LogP contribution in [0.5, 0.6) is 0 Å². The van der Waals surface area contributed by atoms with E-state index in [-0.39, 0.29) is 17.6 Å². The summed E-state index contributed by atoms with van der Waals surface area (Å²) >= 11 is 6.07. The molecule has 5 nitrogen and oxygen atoms in total. The Bertz CT molecular complexity index is 660. The summed E-state index contributed by atoms with van der Waals surface area (Å²) in [6.45, 7) is 0. The number of halogens is 1. The number of nitrogens with zero attached hydrogens (tertiary/aromatic N) is 1. The maximum Gasteiger partial charge on any atom is 0.257 e. The van der Waals surface area contributed by atoms with Crippen LogP contribution in [0.3, 0.4) is 0 Å². The van der Waals surface area contributed by atoms with E-state index < -0.39 is 0 Å². The van der Waals surface area contributed by atoms with Gasteiger partial charge >= 0.3 is 0 Å². The number of carbonyl (C=O) groups excluding carboxylic acids is 2. The Morgan fingerprint density at radius 3 is 2.95 bits per heavy atom. The molecule has 0 unspecified atom stereocenters. The third-order valence-electron chi connectivity index (χ3n) is 2.35. The highest BCUT2D eigenvalue weighted by atomic mass is 79.9. The summed E-state index contributed by atoms with van der Waals surface area (Å²) in [6.07, 6.45) is 0. The monoisotopic (exact) mass is 385 g/mol. The summed E-state index contributed by atoms with van der Waals surface area (Å²) in [4.78, 5) is 27.0. The molecule has 110 valence electrons. The summed E-state index contributed by atoms with van der Waals surface area (Å²) < 4.78 is 0.845. The van der Waals surface area contributed by atoms with Gasteiger partial charge in [-0.25, -0.2) is 4.98 Å². The molecule has 0 saturated heterocycles. The Morgan fingerprint density at radius 2 is 2.24 bits per heavy atom. The summed E-state index contributed by atoms with van der Waals surface area (Å²) in [5.74, 6) is 0.295. The lowest BCUT2D eigenvalue weighted by Crippen LogP contribution is -2.13. The quantitative estimate of drug-likeness (QED) is 0.800. The van der Waals surface area contributed by atoms with Crippen LogP contribution < -0.4 is 11.1 Å². The molecule has 0 radical (unpaired) electrons. The van der Waals surface area contributed by atoms with E-state index in [1.807, 2.05) is 11.4 Å². The van der Waals surface area contributed by atoms with Crippen molar-refractivity contribution in [3.05, 3.63) is 45.4 Å². The molecule has 3 N–H and O–H groups in total. The number of benzene rings is 1. The number of aromatic nitrogens is 1. The molecule has 0 bridgehead atoms. The Morgan fingerprint density at radius 1 is 1.43 bits per heavy atom. The van der Waals surface area contributed by atoms with E-state index >= 15 is 0 Å². The SMILES string of the molecule is NC(=O)CSCc1csc(NC(=O)c2cccc(Br)c2)n1. The zero-order valence-corrected chi connectivity index (χ0v) is 14.1. The molecule has 0 fully saturated rings. The Labute approximate surface area is 138 Å². The van der Waals surface area contributed by atoms with Gasteiger partial charge in [-0.1, -0.05) is 22.0 Å². The Hall–Kier alpha value is -1.38. The molecule has 0 spiro atoms. The fraction of sp³-hybridized carbons (Fsp3) is 0.154. The van der Waals surface area contributed by atoms with E-state index in [4.69, 9.17) is 5.73 Å². The molecule has 1 aromatic carbocycles. The second-order valence-electron chi connectivity index (χ2n) is 4.07. The average Bonchev–Trinajstić information content (AvgIpc) is 2.86. The van der Waals surface area contributed by atoms with E-state index in [1.165, 1.54) is 23.1 Å². The topological polar surface area (TPSA) is 85.1 Å². The minimum atomic E-state index is -0.349. The van der Waals surface area contributed by atoms with Crippen LogP contribution in [-0.2, 0) is 10.5 Å². The van der Waals surface area contributed by atoms with Crippen molar-refractivity contribution in [1.29, 1.82) is 0 Å². The van der Waals surface area contributed by atoms with Crippen molar-refractivity contribution in [3.8, 4) is 0 Å². The van der Waals surface area contributed by atoms with Gasteiger partial charge in [-0.05, 0) is 18.2 Å². The zero-order valence-electron chi connectivity index (χ0n) is 10.8. The van der Waals surface area contributed by atoms with Crippen molar-refractivity contribution in [3.63, 3.8) is 0 Å². The van der Waals surface area contributed by atoms with Crippen LogP contribution in [0.4, 0.5) is 5.13 Å². The van der Waals surface area contributed by atoms with Crippen molar-refractivity contribution in [2.24, 2.45) is 5.73 Å². The Balaban J connectivity index is 1.93. The summed E-state index contributed by atoms with van der Waals surface area (Å²) in [7, 11) is 0. The van der Waals surface area contributed by atoms with E-state index in [1.54, 1.807) is 18.2 Å². The molecule has 1 aromatic heterocycles. The standard InChI is InChI=1S/C13H12BrN3O2S2/c14-9-3-1-2-8(4-9)12(19)17-13-16-10(6-21-13)5-20-7-11(15)18/h1-4,6H,5,7H2,(H2,15,18)(H,16,17,19). The van der Waals surface area contributed by atoms with Crippen LogP contribution in [0.15, 0.2) is 34.1 Å². The Kier molecular flexibility index (Phi) is 5.77. The molecular formula is C13H12BrN3O2S2. The second-order valence-corrected chi connectivity index (χ2v) is 6.83. The predicted molar refractivity (Wildman–Crippen MR) is 89.6 cm³/mol. The van der Waals surface area contributed by atoms with Gasteiger partial charge in [0.05, 0.1) is 11.4 Å². The highest BCUT2D eigenvalue weighted by Crippen LogP contribution is 2.20. The van der Waals surface area contributed by atoms with Crippen molar-refractivity contribution < 1.29 is 9.59 Å².